The molecular weight excluding hydrogens is 897 g/mol. The van der Waals surface area contributed by atoms with E-state index in [1.165, 1.54) is 12.5 Å². The molecule has 27 atom stereocenters. The standard InChI is InChI=1S/C48H78O20/c1-20-27(52)29(54)33(58)40(63-20)67-35-30(55)28(53)23(17-49)64-41(35)68-36-32(57)31(56)34(39(61)62)66-42(36)65-26-11-12-45(4)24(46(26,5)19-51)10-13-48(7)25(45)9-8-21-22-16-43(2,18-50)37(59)38(60)44(22,3)14-15-47(21,48)6/h8,20,22-38,40-42,49-60H,9-19H2,1-7H3,(H,61,62)/t20-,22-,23+,24+,25+,26-,27-,28-,29+,30-,31-,32-,33+,34-,35+,36+,37-,38+,40-,41-,42+,43-,44+,45-,46+,47+,48+/m0/s1. The van der Waals surface area contributed by atoms with E-state index in [2.05, 4.69) is 33.8 Å². The third kappa shape index (κ3) is 7.81. The lowest BCUT2D eigenvalue weighted by molar-refractivity contribution is -0.396. The minimum absolute atomic E-state index is 0.0531. The first-order chi connectivity index (χ1) is 31.7. The van der Waals surface area contributed by atoms with Gasteiger partial charge in [0.2, 0.25) is 0 Å². The largest absolute Gasteiger partial charge is 0.479 e. The highest BCUT2D eigenvalue weighted by Crippen LogP contribution is 2.76. The van der Waals surface area contributed by atoms with Gasteiger partial charge in [-0.25, -0.2) is 4.79 Å². The molecular formula is C48H78O20. The van der Waals surface area contributed by atoms with Gasteiger partial charge in [-0.2, -0.15) is 0 Å². The van der Waals surface area contributed by atoms with E-state index in [4.69, 9.17) is 28.4 Å². The van der Waals surface area contributed by atoms with Crippen LogP contribution in [0.3, 0.4) is 0 Å². The zero-order valence-electron chi connectivity index (χ0n) is 40.2. The Kier molecular flexibility index (Phi) is 14.3. The van der Waals surface area contributed by atoms with E-state index in [0.29, 0.717) is 32.1 Å². The molecule has 5 aliphatic carbocycles. The van der Waals surface area contributed by atoms with Gasteiger partial charge in [0.1, 0.15) is 61.0 Å². The highest BCUT2D eigenvalue weighted by molar-refractivity contribution is 5.73. The zero-order valence-corrected chi connectivity index (χ0v) is 40.2. The summed E-state index contributed by atoms with van der Waals surface area (Å²) in [4.78, 5) is 12.5. The lowest BCUT2D eigenvalue weighted by atomic mass is 9.33. The zero-order chi connectivity index (χ0) is 50.0. The van der Waals surface area contributed by atoms with Crippen LogP contribution in [0.15, 0.2) is 11.6 Å². The van der Waals surface area contributed by atoms with Crippen LogP contribution in [0.25, 0.3) is 0 Å². The second kappa shape index (κ2) is 18.5. The summed E-state index contributed by atoms with van der Waals surface area (Å²) in [5.41, 5.74) is -2.01. The molecule has 68 heavy (non-hydrogen) atoms. The Morgan fingerprint density at radius 1 is 0.647 bits per heavy atom. The molecule has 13 N–H and O–H groups in total. The predicted molar refractivity (Wildman–Crippen MR) is 233 cm³/mol. The summed E-state index contributed by atoms with van der Waals surface area (Å²) >= 11 is 0. The molecule has 0 unspecified atom stereocenters. The molecule has 0 amide bonds. The number of aliphatic hydroxyl groups excluding tert-OH is 12. The number of ether oxygens (including phenoxy) is 6. The molecule has 3 heterocycles. The molecule has 8 rings (SSSR count). The van der Waals surface area contributed by atoms with Gasteiger partial charge in [-0.1, -0.05) is 53.2 Å². The average molecular weight is 975 g/mol. The van der Waals surface area contributed by atoms with Crippen molar-refractivity contribution in [2.24, 2.45) is 50.2 Å². The third-order valence-electron chi connectivity index (χ3n) is 20.0. The van der Waals surface area contributed by atoms with Gasteiger partial charge >= 0.3 is 5.97 Å². The van der Waals surface area contributed by atoms with E-state index in [0.717, 1.165) is 19.3 Å². The molecule has 20 heteroatoms. The van der Waals surface area contributed by atoms with Crippen molar-refractivity contribution in [2.45, 2.75) is 210 Å². The molecule has 0 radical (unpaired) electrons. The Morgan fingerprint density at radius 2 is 1.28 bits per heavy atom. The van der Waals surface area contributed by atoms with Crippen LogP contribution in [0.5, 0.6) is 0 Å². The number of carboxylic acids is 1. The topological polar surface area (TPSA) is 335 Å². The summed E-state index contributed by atoms with van der Waals surface area (Å²) in [7, 11) is 0. The number of allylic oxidation sites excluding steroid dienone is 2. The maximum absolute atomic E-state index is 12.5. The molecule has 20 nitrogen and oxygen atoms in total. The van der Waals surface area contributed by atoms with Gasteiger partial charge in [0.05, 0.1) is 44.2 Å². The monoisotopic (exact) mass is 975 g/mol. The average Bonchev–Trinajstić information content (AvgIpc) is 3.30. The predicted octanol–water partition coefficient (Wildman–Crippen LogP) is -1.35. The molecule has 0 aromatic heterocycles. The van der Waals surface area contributed by atoms with Crippen molar-refractivity contribution in [3.8, 4) is 0 Å². The van der Waals surface area contributed by atoms with Crippen molar-refractivity contribution < 1.29 is 99.6 Å². The molecule has 3 saturated heterocycles. The number of hydrogen-bond acceptors (Lipinski definition) is 19. The Morgan fingerprint density at radius 3 is 1.90 bits per heavy atom. The number of rotatable bonds is 10. The van der Waals surface area contributed by atoms with Crippen LogP contribution in [-0.4, -0.2) is 203 Å². The fraction of sp³-hybridized carbons (Fsp3) is 0.938. The number of carboxylic acid groups (broad SMARTS) is 1. The molecule has 0 bridgehead atoms. The first-order valence-corrected chi connectivity index (χ1v) is 24.5. The van der Waals surface area contributed by atoms with E-state index in [1.807, 2.05) is 13.8 Å². The van der Waals surface area contributed by atoms with Crippen LogP contribution < -0.4 is 0 Å². The molecule has 390 valence electrons. The maximum Gasteiger partial charge on any atom is 0.335 e. The summed E-state index contributed by atoms with van der Waals surface area (Å²) < 4.78 is 36.1. The Labute approximate surface area is 396 Å². The Bertz CT molecular complexity index is 1880. The Balaban J connectivity index is 1.08. The number of hydrogen-bond donors (Lipinski definition) is 13. The highest BCUT2D eigenvalue weighted by atomic mass is 16.8. The van der Waals surface area contributed by atoms with Gasteiger partial charge in [-0.15, -0.1) is 0 Å². The van der Waals surface area contributed by atoms with Crippen LogP contribution in [0.4, 0.5) is 0 Å². The number of fused-ring (bicyclic) bond motifs is 7. The minimum Gasteiger partial charge on any atom is -0.479 e. The lowest BCUT2D eigenvalue weighted by Gasteiger charge is -2.72. The maximum atomic E-state index is 12.5. The van der Waals surface area contributed by atoms with Gasteiger partial charge < -0.3 is 94.8 Å². The molecule has 0 spiro atoms. The van der Waals surface area contributed by atoms with Gasteiger partial charge in [-0.05, 0) is 92.3 Å². The summed E-state index contributed by atoms with van der Waals surface area (Å²) in [6.07, 6.45) is -22.0. The SMILES string of the molecule is C[C@@H]1O[C@@H](O[C@H]2[C@H](O[C@H]3[C@H](O[C@H]4CC[C@@]5(C)[C@@H](CC[C@]6(C)[C@@H]5CC=C5[C@@H]7C[C@@](C)(CO)[C@@H](O)[C@@H](O)[C@]7(C)CC[C@]56C)[C@@]4(C)CO)O[C@H](C(=O)O)[C@@H](O)[C@@H]3O)O[C@H](CO)[C@H](O)[C@@H]2O)[C@H](O)[C@H](O)[C@H]1O. The second-order valence-corrected chi connectivity index (χ2v) is 23.4. The van der Waals surface area contributed by atoms with Gasteiger partial charge in [0.25, 0.3) is 0 Å². The van der Waals surface area contributed by atoms with Crippen molar-refractivity contribution in [1.82, 2.24) is 0 Å². The van der Waals surface area contributed by atoms with Crippen molar-refractivity contribution >= 4 is 5.97 Å². The van der Waals surface area contributed by atoms with E-state index < -0.39 is 139 Å². The molecule has 4 saturated carbocycles. The smallest absolute Gasteiger partial charge is 0.335 e. The Hall–Kier alpha value is -1.51. The van der Waals surface area contributed by atoms with Crippen LogP contribution in [-0.2, 0) is 33.2 Å². The molecule has 3 aliphatic heterocycles. The van der Waals surface area contributed by atoms with Crippen LogP contribution >= 0.6 is 0 Å². The molecule has 8 aliphatic rings. The van der Waals surface area contributed by atoms with Crippen LogP contribution in [0, 0.1) is 50.2 Å². The van der Waals surface area contributed by atoms with E-state index >= 15 is 0 Å². The lowest BCUT2D eigenvalue weighted by Crippen LogP contribution is -2.69. The van der Waals surface area contributed by atoms with E-state index in [1.54, 1.807) is 0 Å². The normalized spacial score (nSPS) is 57.2. The van der Waals surface area contributed by atoms with E-state index in [9.17, 15) is 71.2 Å². The van der Waals surface area contributed by atoms with Crippen molar-refractivity contribution in [3.05, 3.63) is 11.6 Å². The fourth-order valence-electron chi connectivity index (χ4n) is 15.2. The van der Waals surface area contributed by atoms with Gasteiger partial charge in [-0.3, -0.25) is 0 Å². The van der Waals surface area contributed by atoms with E-state index in [-0.39, 0.29) is 47.2 Å². The summed E-state index contributed by atoms with van der Waals surface area (Å²) in [6.45, 7) is 12.8. The fourth-order valence-corrected chi connectivity index (χ4v) is 15.2. The second-order valence-electron chi connectivity index (χ2n) is 23.4. The number of carbonyl (C=O) groups is 1. The van der Waals surface area contributed by atoms with Crippen molar-refractivity contribution in [2.75, 3.05) is 19.8 Å². The minimum atomic E-state index is -2.09. The molecule has 0 aromatic rings. The summed E-state index contributed by atoms with van der Waals surface area (Å²) in [5, 5.41) is 142. The third-order valence-corrected chi connectivity index (χ3v) is 20.0. The number of aliphatic carboxylic acids is 1. The molecule has 7 fully saturated rings. The van der Waals surface area contributed by atoms with Gasteiger partial charge in [0, 0.05) is 16.2 Å². The number of aliphatic hydroxyl groups is 12. The van der Waals surface area contributed by atoms with Gasteiger partial charge in [0.15, 0.2) is 25.0 Å². The highest BCUT2D eigenvalue weighted by Gasteiger charge is 2.71. The first kappa shape index (κ1) is 52.8. The van der Waals surface area contributed by atoms with Crippen LogP contribution in [0.2, 0.25) is 0 Å². The van der Waals surface area contributed by atoms with Crippen molar-refractivity contribution in [1.29, 1.82) is 0 Å². The first-order valence-electron chi connectivity index (χ1n) is 24.5. The molecule has 0 aromatic carbocycles. The summed E-state index contributed by atoms with van der Waals surface area (Å²) in [6, 6.07) is 0. The summed E-state index contributed by atoms with van der Waals surface area (Å²) in [5.74, 6) is -1.69. The van der Waals surface area contributed by atoms with Crippen LogP contribution in [0.1, 0.15) is 99.8 Å². The van der Waals surface area contributed by atoms with Crippen molar-refractivity contribution in [3.63, 3.8) is 0 Å². The quantitative estimate of drug-likeness (QED) is 0.0889.